The van der Waals surface area contributed by atoms with Crippen molar-refractivity contribution in [3.63, 3.8) is 0 Å². The number of fused-ring (bicyclic) bond motifs is 1. The third-order valence-electron chi connectivity index (χ3n) is 5.12. The maximum absolute atomic E-state index is 12.6. The second-order valence-electron chi connectivity index (χ2n) is 7.44. The van der Waals surface area contributed by atoms with Gasteiger partial charge in [0.15, 0.2) is 11.0 Å². The minimum absolute atomic E-state index is 0.138. The Balaban J connectivity index is 1.38. The van der Waals surface area contributed by atoms with E-state index in [-0.39, 0.29) is 17.6 Å². The zero-order valence-electron chi connectivity index (χ0n) is 18.1. The van der Waals surface area contributed by atoms with Crippen LogP contribution in [0.3, 0.4) is 0 Å². The van der Waals surface area contributed by atoms with Gasteiger partial charge in [-0.1, -0.05) is 71.9 Å². The van der Waals surface area contributed by atoms with Crippen LogP contribution in [0.15, 0.2) is 71.9 Å². The molecule has 0 saturated heterocycles. The molecule has 0 aliphatic heterocycles. The summed E-state index contributed by atoms with van der Waals surface area (Å²) in [6.07, 6.45) is 0. The molecule has 1 atom stereocenters. The zero-order chi connectivity index (χ0) is 23.4. The number of hydrogen-bond acceptors (Lipinski definition) is 5. The molecule has 0 unspecified atom stereocenters. The van der Waals surface area contributed by atoms with E-state index < -0.39 is 6.04 Å². The average molecular weight is 480 g/mol. The van der Waals surface area contributed by atoms with E-state index in [4.69, 9.17) is 11.6 Å². The predicted octanol–water partition coefficient (Wildman–Crippen LogP) is 4.84. The Hall–Kier alpha value is -3.36. The van der Waals surface area contributed by atoms with Gasteiger partial charge in [0.25, 0.3) is 5.91 Å². The van der Waals surface area contributed by atoms with Crippen molar-refractivity contribution in [3.05, 3.63) is 83.1 Å². The Morgan fingerprint density at radius 2 is 1.76 bits per heavy atom. The Morgan fingerprint density at radius 1 is 1.03 bits per heavy atom. The number of rotatable bonds is 7. The monoisotopic (exact) mass is 479 g/mol. The Morgan fingerprint density at radius 3 is 2.58 bits per heavy atom. The van der Waals surface area contributed by atoms with E-state index >= 15 is 0 Å². The number of carbonyl (C=O) groups excluding carboxylic acids is 2. The first-order valence-corrected chi connectivity index (χ1v) is 11.7. The normalized spacial score (nSPS) is 11.8. The molecular formula is C24H22ClN5O2S. The minimum atomic E-state index is -0.398. The van der Waals surface area contributed by atoms with Crippen LogP contribution in [0, 0.1) is 0 Å². The lowest BCUT2D eigenvalue weighted by Gasteiger charge is -2.14. The molecule has 33 heavy (non-hydrogen) atoms. The lowest BCUT2D eigenvalue weighted by atomic mass is 10.1. The van der Waals surface area contributed by atoms with Crippen molar-refractivity contribution in [2.24, 2.45) is 7.05 Å². The number of carbonyl (C=O) groups is 2. The number of aromatic nitrogens is 3. The fraction of sp³-hybridized carbons (Fsp3) is 0.167. The highest BCUT2D eigenvalue weighted by atomic mass is 35.5. The Kier molecular flexibility index (Phi) is 6.96. The summed E-state index contributed by atoms with van der Waals surface area (Å²) in [5.74, 6) is 0.323. The maximum Gasteiger partial charge on any atom is 0.253 e. The first kappa shape index (κ1) is 22.8. The first-order chi connectivity index (χ1) is 15.9. The number of nitrogens with one attached hydrogen (secondary N) is 2. The molecule has 0 fully saturated rings. The number of halogens is 1. The molecule has 0 spiro atoms. The quantitative estimate of drug-likeness (QED) is 0.370. The Bertz CT molecular complexity index is 1320. The molecular weight excluding hydrogens is 458 g/mol. The largest absolute Gasteiger partial charge is 0.342 e. The van der Waals surface area contributed by atoms with Gasteiger partial charge >= 0.3 is 0 Å². The lowest BCUT2D eigenvalue weighted by molar-refractivity contribution is -0.113. The van der Waals surface area contributed by atoms with Crippen molar-refractivity contribution >= 4 is 51.6 Å². The molecule has 9 heteroatoms. The van der Waals surface area contributed by atoms with Gasteiger partial charge < -0.3 is 15.2 Å². The van der Waals surface area contributed by atoms with Gasteiger partial charge in [0.1, 0.15) is 0 Å². The second kappa shape index (κ2) is 10.1. The second-order valence-corrected chi connectivity index (χ2v) is 8.79. The summed E-state index contributed by atoms with van der Waals surface area (Å²) in [5.41, 5.74) is 1.17. The summed E-state index contributed by atoms with van der Waals surface area (Å²) in [6.45, 7) is 1.82. The fourth-order valence-electron chi connectivity index (χ4n) is 3.46. The molecule has 1 aromatic heterocycles. The first-order valence-electron chi connectivity index (χ1n) is 10.3. The van der Waals surface area contributed by atoms with Gasteiger partial charge in [0, 0.05) is 18.1 Å². The molecule has 168 valence electrons. The summed E-state index contributed by atoms with van der Waals surface area (Å²) in [5, 5.41) is 17.3. The van der Waals surface area contributed by atoms with Crippen LogP contribution >= 0.6 is 23.4 Å². The molecule has 0 bridgehead atoms. The van der Waals surface area contributed by atoms with E-state index in [0.29, 0.717) is 21.6 Å². The number of amides is 2. The number of benzene rings is 3. The van der Waals surface area contributed by atoms with Crippen LogP contribution in [-0.4, -0.2) is 32.3 Å². The fourth-order valence-corrected chi connectivity index (χ4v) is 4.40. The molecule has 0 radical (unpaired) electrons. The highest BCUT2D eigenvalue weighted by Gasteiger charge is 2.20. The van der Waals surface area contributed by atoms with Gasteiger partial charge in [-0.05, 0) is 30.5 Å². The smallest absolute Gasteiger partial charge is 0.253 e. The van der Waals surface area contributed by atoms with Gasteiger partial charge in [-0.15, -0.1) is 10.2 Å². The standard InChI is InChI=1S/C24H22ClN5O2S/c1-15(26-23(32)18-11-5-6-12-19(18)25)22-28-29-24(30(22)2)33-14-21(31)27-20-13-7-9-16-8-3-4-10-17(16)20/h3-13,15H,14H2,1-2H3,(H,26,32)(H,27,31)/t15-/m1/s1. The Labute approximate surface area is 200 Å². The van der Waals surface area contributed by atoms with Gasteiger partial charge in [-0.25, -0.2) is 0 Å². The van der Waals surface area contributed by atoms with Crippen molar-refractivity contribution in [2.75, 3.05) is 11.1 Å². The van der Waals surface area contributed by atoms with Crippen LogP contribution in [0.1, 0.15) is 29.1 Å². The summed E-state index contributed by atoms with van der Waals surface area (Å²) in [4.78, 5) is 25.1. The van der Waals surface area contributed by atoms with Crippen molar-refractivity contribution in [3.8, 4) is 0 Å². The predicted molar refractivity (Wildman–Crippen MR) is 132 cm³/mol. The number of hydrogen-bond donors (Lipinski definition) is 2. The van der Waals surface area contributed by atoms with E-state index in [0.717, 1.165) is 16.5 Å². The van der Waals surface area contributed by atoms with Crippen LogP contribution in [0.25, 0.3) is 10.8 Å². The highest BCUT2D eigenvalue weighted by Crippen LogP contribution is 2.24. The van der Waals surface area contributed by atoms with Gasteiger partial charge in [0.05, 0.1) is 22.4 Å². The van der Waals surface area contributed by atoms with Crippen molar-refractivity contribution in [1.82, 2.24) is 20.1 Å². The zero-order valence-corrected chi connectivity index (χ0v) is 19.7. The van der Waals surface area contributed by atoms with Gasteiger partial charge in [-0.2, -0.15) is 0 Å². The van der Waals surface area contributed by atoms with Crippen LogP contribution in [0.4, 0.5) is 5.69 Å². The molecule has 0 saturated carbocycles. The lowest BCUT2D eigenvalue weighted by Crippen LogP contribution is -2.28. The van der Waals surface area contributed by atoms with Crippen molar-refractivity contribution in [1.29, 1.82) is 0 Å². The maximum atomic E-state index is 12.6. The topological polar surface area (TPSA) is 88.9 Å². The molecule has 4 rings (SSSR count). The van der Waals surface area contributed by atoms with Crippen LogP contribution in [0.2, 0.25) is 5.02 Å². The molecule has 1 heterocycles. The van der Waals surface area contributed by atoms with Gasteiger partial charge in [0.2, 0.25) is 5.91 Å². The summed E-state index contributed by atoms with van der Waals surface area (Å²) in [6, 6.07) is 20.2. The van der Waals surface area contributed by atoms with E-state index in [9.17, 15) is 9.59 Å². The third kappa shape index (κ3) is 5.18. The molecule has 2 N–H and O–H groups in total. The molecule has 7 nitrogen and oxygen atoms in total. The number of anilines is 1. The van der Waals surface area contributed by atoms with Crippen LogP contribution < -0.4 is 10.6 Å². The highest BCUT2D eigenvalue weighted by molar-refractivity contribution is 7.99. The van der Waals surface area contributed by atoms with Crippen LogP contribution in [-0.2, 0) is 11.8 Å². The van der Waals surface area contributed by atoms with E-state index in [1.807, 2.05) is 49.4 Å². The average Bonchev–Trinajstić information content (AvgIpc) is 3.18. The molecule has 0 aliphatic rings. The minimum Gasteiger partial charge on any atom is -0.342 e. The van der Waals surface area contributed by atoms with Gasteiger partial charge in [-0.3, -0.25) is 9.59 Å². The number of thioether (sulfide) groups is 1. The number of nitrogens with zero attached hydrogens (tertiary/aromatic N) is 3. The summed E-state index contributed by atoms with van der Waals surface area (Å²) in [7, 11) is 1.80. The van der Waals surface area contributed by atoms with E-state index in [2.05, 4.69) is 20.8 Å². The molecule has 3 aromatic carbocycles. The van der Waals surface area contributed by atoms with Crippen LogP contribution in [0.5, 0.6) is 0 Å². The van der Waals surface area contributed by atoms with E-state index in [1.54, 1.807) is 35.9 Å². The molecule has 0 aliphatic carbocycles. The molecule has 2 amide bonds. The SMILES string of the molecule is C[C@@H](NC(=O)c1ccccc1Cl)c1nnc(SCC(=O)Nc2cccc3ccccc23)n1C. The summed E-state index contributed by atoms with van der Waals surface area (Å²) >= 11 is 7.39. The third-order valence-corrected chi connectivity index (χ3v) is 6.47. The summed E-state index contributed by atoms with van der Waals surface area (Å²) < 4.78 is 1.77. The van der Waals surface area contributed by atoms with E-state index in [1.165, 1.54) is 11.8 Å². The van der Waals surface area contributed by atoms with Crippen molar-refractivity contribution < 1.29 is 9.59 Å². The van der Waals surface area contributed by atoms with Crippen molar-refractivity contribution in [2.45, 2.75) is 18.1 Å². The molecule has 4 aromatic rings.